The second kappa shape index (κ2) is 10.7. The molecule has 4 rings (SSSR count). The minimum Gasteiger partial charge on any atom is -0.490 e. The van der Waals surface area contributed by atoms with E-state index in [0.29, 0.717) is 28.6 Å². The average Bonchev–Trinajstić information content (AvgIpc) is 2.82. The van der Waals surface area contributed by atoms with Crippen molar-refractivity contribution in [3.63, 3.8) is 0 Å². The Labute approximate surface area is 211 Å². The normalized spacial score (nSPS) is 19.8. The molecule has 2 aliphatic heterocycles. The van der Waals surface area contributed by atoms with E-state index in [0.717, 1.165) is 25.9 Å². The summed E-state index contributed by atoms with van der Waals surface area (Å²) in [4.78, 5) is 2.28. The highest BCUT2D eigenvalue weighted by atomic mass is 35.5. The smallest absolute Gasteiger partial charge is 0.292 e. The van der Waals surface area contributed by atoms with Gasteiger partial charge in [-0.1, -0.05) is 45.5 Å². The average molecular weight is 549 g/mol. The summed E-state index contributed by atoms with van der Waals surface area (Å²) in [7, 11) is -8.31. The number of nitrogens with one attached hydrogen (secondary N) is 1. The summed E-state index contributed by atoms with van der Waals surface area (Å²) in [6.45, 7) is 2.24. The second-order valence-corrected chi connectivity index (χ2v) is 12.9. The van der Waals surface area contributed by atoms with Crippen molar-refractivity contribution in [2.24, 2.45) is 0 Å². The zero-order valence-corrected chi connectivity index (χ0v) is 21.6. The highest BCUT2D eigenvalue weighted by Gasteiger charge is 2.35. The fraction of sp³-hybridized carbons (Fsp3) is 0.455. The number of nitrogens with zero attached hydrogens (tertiary/aromatic N) is 2. The van der Waals surface area contributed by atoms with Gasteiger partial charge in [-0.15, -0.1) is 0 Å². The van der Waals surface area contributed by atoms with E-state index in [1.807, 2.05) is 10.2 Å². The fourth-order valence-corrected chi connectivity index (χ4v) is 7.80. The van der Waals surface area contributed by atoms with Crippen molar-refractivity contribution in [2.45, 2.75) is 42.7 Å². The van der Waals surface area contributed by atoms with Crippen LogP contribution in [-0.2, 0) is 20.2 Å². The van der Waals surface area contributed by atoms with Gasteiger partial charge in [0.15, 0.2) is 0 Å². The van der Waals surface area contributed by atoms with Crippen LogP contribution >= 0.6 is 23.2 Å². The second-order valence-electron chi connectivity index (χ2n) is 8.46. The number of piperidine rings is 2. The Morgan fingerprint density at radius 1 is 0.824 bits per heavy atom. The van der Waals surface area contributed by atoms with E-state index < -0.39 is 20.2 Å². The highest BCUT2D eigenvalue weighted by Crippen LogP contribution is 2.29. The van der Waals surface area contributed by atoms with Crippen LogP contribution in [-0.4, -0.2) is 64.4 Å². The molecule has 2 aromatic carbocycles. The highest BCUT2D eigenvalue weighted by molar-refractivity contribution is 8.03. The van der Waals surface area contributed by atoms with Crippen molar-refractivity contribution in [1.29, 1.82) is 0 Å². The standard InChI is InChI=1S/C22H27Cl2N3O5S2/c23-21-7-6-19(16-22(21)24)32-18-10-12-26(13-11-18)17-8-14-27(15-9-17)34(30,31)25-33(28,29)20-4-2-1-3-5-20/h1-7,16-18,25H,8-15H2. The minimum atomic E-state index is -4.16. The lowest BCUT2D eigenvalue weighted by Crippen LogP contribution is -2.52. The Morgan fingerprint density at radius 2 is 1.47 bits per heavy atom. The lowest BCUT2D eigenvalue weighted by molar-refractivity contribution is 0.0585. The molecule has 0 aromatic heterocycles. The van der Waals surface area contributed by atoms with Crippen LogP contribution in [0.3, 0.4) is 0 Å². The van der Waals surface area contributed by atoms with Gasteiger partial charge in [-0.05, 0) is 49.9 Å². The SMILES string of the molecule is O=S(=O)(NS(=O)(=O)N1CCC(N2CCC(Oc3ccc(Cl)c(Cl)c3)CC2)CC1)c1ccccc1. The summed E-state index contributed by atoms with van der Waals surface area (Å²) in [5.41, 5.74) is 0. The van der Waals surface area contributed by atoms with E-state index in [-0.39, 0.29) is 30.1 Å². The van der Waals surface area contributed by atoms with Gasteiger partial charge >= 0.3 is 0 Å². The molecule has 2 aliphatic rings. The van der Waals surface area contributed by atoms with E-state index in [2.05, 4.69) is 4.90 Å². The maximum atomic E-state index is 12.7. The third-order valence-electron chi connectivity index (χ3n) is 6.22. The number of sulfonamides is 1. The van der Waals surface area contributed by atoms with Crippen molar-refractivity contribution in [2.75, 3.05) is 26.2 Å². The third-order valence-corrected chi connectivity index (χ3v) is 10.6. The fourth-order valence-electron chi connectivity index (χ4n) is 4.39. The van der Waals surface area contributed by atoms with Crippen LogP contribution in [0, 0.1) is 0 Å². The van der Waals surface area contributed by atoms with Gasteiger partial charge in [0.2, 0.25) is 0 Å². The van der Waals surface area contributed by atoms with Crippen LogP contribution in [0.1, 0.15) is 25.7 Å². The number of ether oxygens (including phenoxy) is 1. The van der Waals surface area contributed by atoms with Crippen molar-refractivity contribution in [1.82, 2.24) is 13.3 Å². The molecule has 0 unspecified atom stereocenters. The van der Waals surface area contributed by atoms with Crippen LogP contribution in [0.2, 0.25) is 10.0 Å². The van der Waals surface area contributed by atoms with Gasteiger partial charge in [0, 0.05) is 38.3 Å². The Morgan fingerprint density at radius 3 is 2.09 bits per heavy atom. The van der Waals surface area contributed by atoms with E-state index in [1.165, 1.54) is 16.4 Å². The first-order valence-corrected chi connectivity index (χ1v) is 14.8. The zero-order valence-electron chi connectivity index (χ0n) is 18.4. The van der Waals surface area contributed by atoms with Gasteiger partial charge in [-0.25, -0.2) is 8.42 Å². The molecule has 2 heterocycles. The van der Waals surface area contributed by atoms with E-state index in [4.69, 9.17) is 27.9 Å². The maximum absolute atomic E-state index is 12.7. The summed E-state index contributed by atoms with van der Waals surface area (Å²) in [5, 5.41) is 0.953. The van der Waals surface area contributed by atoms with E-state index in [1.54, 1.807) is 30.3 Å². The Bertz CT molecular complexity index is 1200. The largest absolute Gasteiger partial charge is 0.490 e. The molecule has 8 nitrogen and oxygen atoms in total. The minimum absolute atomic E-state index is 0.0839. The molecule has 2 fully saturated rings. The molecule has 0 atom stereocenters. The van der Waals surface area contributed by atoms with Gasteiger partial charge in [-0.3, -0.25) is 0 Å². The predicted molar refractivity (Wildman–Crippen MR) is 132 cm³/mol. The predicted octanol–water partition coefficient (Wildman–Crippen LogP) is 3.52. The van der Waals surface area contributed by atoms with Crippen LogP contribution in [0.15, 0.2) is 53.4 Å². The number of halogens is 2. The van der Waals surface area contributed by atoms with E-state index in [9.17, 15) is 16.8 Å². The van der Waals surface area contributed by atoms with Crippen molar-refractivity contribution in [3.8, 4) is 5.75 Å². The van der Waals surface area contributed by atoms with Gasteiger partial charge < -0.3 is 9.64 Å². The van der Waals surface area contributed by atoms with Crippen LogP contribution < -0.4 is 8.86 Å². The molecule has 0 amide bonds. The monoisotopic (exact) mass is 547 g/mol. The number of hydrogen-bond donors (Lipinski definition) is 1. The first-order chi connectivity index (χ1) is 16.1. The van der Waals surface area contributed by atoms with Crippen molar-refractivity contribution in [3.05, 3.63) is 58.6 Å². The van der Waals surface area contributed by atoms with Crippen molar-refractivity contribution < 1.29 is 21.6 Å². The molecule has 34 heavy (non-hydrogen) atoms. The third kappa shape index (κ3) is 6.23. The molecule has 2 aromatic rings. The first-order valence-electron chi connectivity index (χ1n) is 11.1. The molecule has 12 heteroatoms. The summed E-state index contributed by atoms with van der Waals surface area (Å²) in [5.74, 6) is 0.698. The van der Waals surface area contributed by atoms with Crippen LogP contribution in [0.5, 0.6) is 5.75 Å². The molecule has 2 saturated heterocycles. The molecule has 1 N–H and O–H groups in total. The zero-order chi connectivity index (χ0) is 24.3. The molecule has 0 bridgehead atoms. The number of hydrogen-bond acceptors (Lipinski definition) is 6. The maximum Gasteiger partial charge on any atom is 0.292 e. The summed E-state index contributed by atoms with van der Waals surface area (Å²) in [6, 6.07) is 13.0. The van der Waals surface area contributed by atoms with Gasteiger partial charge in [0.1, 0.15) is 11.9 Å². The Balaban J connectivity index is 1.26. The molecule has 186 valence electrons. The number of rotatable bonds is 7. The lowest BCUT2D eigenvalue weighted by atomic mass is 10.00. The van der Waals surface area contributed by atoms with Crippen LogP contribution in [0.25, 0.3) is 0 Å². The van der Waals surface area contributed by atoms with E-state index >= 15 is 0 Å². The summed E-state index contributed by atoms with van der Waals surface area (Å²) < 4.78 is 59.4. The summed E-state index contributed by atoms with van der Waals surface area (Å²) >= 11 is 12.0. The molecular formula is C22H27Cl2N3O5S2. The van der Waals surface area contributed by atoms with Gasteiger partial charge in [0.05, 0.1) is 14.9 Å². The number of benzene rings is 2. The van der Waals surface area contributed by atoms with Gasteiger partial charge in [-0.2, -0.15) is 12.7 Å². The molecule has 0 saturated carbocycles. The molecule has 0 spiro atoms. The Kier molecular flexibility index (Phi) is 8.08. The van der Waals surface area contributed by atoms with Gasteiger partial charge in [0.25, 0.3) is 20.2 Å². The molecular weight excluding hydrogens is 521 g/mol. The Hall–Kier alpha value is -1.40. The van der Waals surface area contributed by atoms with Crippen LogP contribution in [0.4, 0.5) is 0 Å². The number of likely N-dealkylation sites (tertiary alicyclic amines) is 1. The quantitative estimate of drug-likeness (QED) is 0.569. The first kappa shape index (κ1) is 25.7. The molecule has 0 aliphatic carbocycles. The van der Waals surface area contributed by atoms with Crippen molar-refractivity contribution >= 4 is 43.4 Å². The molecule has 0 radical (unpaired) electrons. The summed E-state index contributed by atoms with van der Waals surface area (Å²) in [6.07, 6.45) is 3.09. The topological polar surface area (TPSA) is 96.0 Å². The lowest BCUT2D eigenvalue weighted by Gasteiger charge is -2.41.